The Morgan fingerprint density at radius 1 is 1.30 bits per heavy atom. The van der Waals surface area contributed by atoms with Gasteiger partial charge >= 0.3 is 5.97 Å². The smallest absolute Gasteiger partial charge is 0.323 e. The number of sulfone groups is 1. The third-order valence-electron chi connectivity index (χ3n) is 4.00. The molecule has 0 spiro atoms. The Kier molecular flexibility index (Phi) is 4.81. The minimum Gasteiger partial charge on any atom is -0.480 e. The molecular formula is C12H22N2O5S. The molecule has 0 saturated carbocycles. The maximum absolute atomic E-state index is 12.1. The van der Waals surface area contributed by atoms with Crippen LogP contribution < -0.4 is 0 Å². The molecule has 7 nitrogen and oxygen atoms in total. The minimum atomic E-state index is -3.05. The Morgan fingerprint density at radius 2 is 1.85 bits per heavy atom. The third-order valence-corrected chi connectivity index (χ3v) is 5.75. The number of carbonyl (C=O) groups is 2. The zero-order chi connectivity index (χ0) is 15.7. The maximum atomic E-state index is 12.1. The van der Waals surface area contributed by atoms with E-state index in [0.717, 1.165) is 0 Å². The van der Waals surface area contributed by atoms with Crippen LogP contribution in [0.2, 0.25) is 0 Å². The van der Waals surface area contributed by atoms with Gasteiger partial charge in [0, 0.05) is 13.1 Å². The van der Waals surface area contributed by atoms with Crippen LogP contribution in [0, 0.1) is 0 Å². The van der Waals surface area contributed by atoms with E-state index in [1.165, 1.54) is 23.6 Å². The molecule has 1 amide bonds. The van der Waals surface area contributed by atoms with Crippen LogP contribution in [-0.2, 0) is 19.4 Å². The van der Waals surface area contributed by atoms with Crippen LogP contribution in [0.15, 0.2) is 0 Å². The molecule has 0 radical (unpaired) electrons. The number of carbonyl (C=O) groups excluding carboxylic acids is 1. The van der Waals surface area contributed by atoms with Gasteiger partial charge in [-0.1, -0.05) is 0 Å². The summed E-state index contributed by atoms with van der Waals surface area (Å²) >= 11 is 0. The molecule has 20 heavy (non-hydrogen) atoms. The van der Waals surface area contributed by atoms with Crippen LogP contribution in [0.4, 0.5) is 0 Å². The van der Waals surface area contributed by atoms with Gasteiger partial charge in [0.25, 0.3) is 0 Å². The lowest BCUT2D eigenvalue weighted by Crippen LogP contribution is -2.52. The lowest BCUT2D eigenvalue weighted by molar-refractivity contribution is -0.150. The Labute approximate surface area is 119 Å². The second kappa shape index (κ2) is 5.69. The molecule has 1 rings (SSSR count). The summed E-state index contributed by atoms with van der Waals surface area (Å²) in [5.74, 6) is -1.20. The van der Waals surface area contributed by atoms with Crippen molar-refractivity contribution in [3.63, 3.8) is 0 Å². The number of carboxylic acids is 1. The topological polar surface area (TPSA) is 95.0 Å². The molecule has 1 saturated heterocycles. The Bertz CT molecular complexity index is 500. The van der Waals surface area contributed by atoms with Gasteiger partial charge in [0.15, 0.2) is 9.84 Å². The highest BCUT2D eigenvalue weighted by Crippen LogP contribution is 2.18. The molecule has 0 aromatic rings. The highest BCUT2D eigenvalue weighted by atomic mass is 32.2. The van der Waals surface area contributed by atoms with E-state index in [2.05, 4.69) is 0 Å². The Morgan fingerprint density at radius 3 is 2.25 bits per heavy atom. The number of carboxylic acid groups (broad SMARTS) is 1. The first-order valence-corrected chi connectivity index (χ1v) is 8.20. The summed E-state index contributed by atoms with van der Waals surface area (Å²) in [5, 5.41) is 9.10. The van der Waals surface area contributed by atoms with Crippen molar-refractivity contribution in [3.05, 3.63) is 0 Å². The van der Waals surface area contributed by atoms with Gasteiger partial charge in [0.2, 0.25) is 5.91 Å². The van der Waals surface area contributed by atoms with Crippen molar-refractivity contribution >= 4 is 21.7 Å². The van der Waals surface area contributed by atoms with Gasteiger partial charge in [-0.15, -0.1) is 0 Å². The highest BCUT2D eigenvalue weighted by Gasteiger charge is 2.36. The van der Waals surface area contributed by atoms with Gasteiger partial charge in [0.05, 0.1) is 18.1 Å². The maximum Gasteiger partial charge on any atom is 0.323 e. The molecule has 1 fully saturated rings. The highest BCUT2D eigenvalue weighted by molar-refractivity contribution is 7.91. The van der Waals surface area contributed by atoms with Gasteiger partial charge in [-0.05, 0) is 27.3 Å². The van der Waals surface area contributed by atoms with Crippen molar-refractivity contribution in [2.75, 3.05) is 32.1 Å². The van der Waals surface area contributed by atoms with Crippen LogP contribution in [-0.4, -0.2) is 78.9 Å². The first-order valence-electron chi connectivity index (χ1n) is 6.38. The molecule has 1 N–H and O–H groups in total. The van der Waals surface area contributed by atoms with E-state index in [1.807, 2.05) is 0 Å². The number of hydrogen-bond acceptors (Lipinski definition) is 5. The number of nitrogens with zero attached hydrogens (tertiary/aromatic N) is 2. The Balaban J connectivity index is 2.65. The second-order valence-electron chi connectivity index (χ2n) is 5.78. The SMILES string of the molecule is CN(C(=O)CN(C)C(C)(C)C(=O)O)C1CCS(=O)(=O)C1. The van der Waals surface area contributed by atoms with Crippen molar-refractivity contribution < 1.29 is 23.1 Å². The van der Waals surface area contributed by atoms with E-state index in [1.54, 1.807) is 14.1 Å². The molecule has 1 unspecified atom stereocenters. The van der Waals surface area contributed by atoms with E-state index in [0.29, 0.717) is 6.42 Å². The summed E-state index contributed by atoms with van der Waals surface area (Å²) in [6, 6.07) is -0.311. The monoisotopic (exact) mass is 306 g/mol. The summed E-state index contributed by atoms with van der Waals surface area (Å²) in [5.41, 5.74) is -1.15. The van der Waals surface area contributed by atoms with Crippen LogP contribution in [0.1, 0.15) is 20.3 Å². The fraction of sp³-hybridized carbons (Fsp3) is 0.833. The standard InChI is InChI=1S/C12H22N2O5S/c1-12(2,11(16)17)13(3)7-10(15)14(4)9-5-6-20(18,19)8-9/h9H,5-8H2,1-4H3,(H,16,17). The van der Waals surface area contributed by atoms with E-state index >= 15 is 0 Å². The molecule has 0 bridgehead atoms. The Hall–Kier alpha value is -1.15. The summed E-state index contributed by atoms with van der Waals surface area (Å²) in [7, 11) is 0.0798. The summed E-state index contributed by atoms with van der Waals surface area (Å²) < 4.78 is 22.8. The predicted molar refractivity (Wildman–Crippen MR) is 74.2 cm³/mol. The van der Waals surface area contributed by atoms with Gasteiger partial charge in [-0.2, -0.15) is 0 Å². The molecule has 1 aliphatic heterocycles. The van der Waals surface area contributed by atoms with Crippen LogP contribution in [0.5, 0.6) is 0 Å². The average molecular weight is 306 g/mol. The van der Waals surface area contributed by atoms with E-state index in [4.69, 9.17) is 5.11 Å². The number of hydrogen-bond donors (Lipinski definition) is 1. The van der Waals surface area contributed by atoms with Crippen LogP contribution in [0.3, 0.4) is 0 Å². The molecule has 116 valence electrons. The van der Waals surface area contributed by atoms with Crippen molar-refractivity contribution in [1.29, 1.82) is 0 Å². The van der Waals surface area contributed by atoms with E-state index in [9.17, 15) is 18.0 Å². The molecule has 0 aliphatic carbocycles. The van der Waals surface area contributed by atoms with Gasteiger partial charge in [-0.25, -0.2) is 8.42 Å². The molecule has 0 aromatic carbocycles. The zero-order valence-corrected chi connectivity index (χ0v) is 13.1. The summed E-state index contributed by atoms with van der Waals surface area (Å²) in [4.78, 5) is 26.1. The average Bonchev–Trinajstić information content (AvgIpc) is 2.68. The number of rotatable bonds is 5. The van der Waals surface area contributed by atoms with Crippen molar-refractivity contribution in [2.45, 2.75) is 31.8 Å². The lowest BCUT2D eigenvalue weighted by Gasteiger charge is -2.33. The minimum absolute atomic E-state index is 0.0126. The van der Waals surface area contributed by atoms with Crippen molar-refractivity contribution in [2.24, 2.45) is 0 Å². The van der Waals surface area contributed by atoms with Crippen molar-refractivity contribution in [1.82, 2.24) is 9.80 Å². The van der Waals surface area contributed by atoms with Gasteiger partial charge in [0.1, 0.15) is 5.54 Å². The molecule has 8 heteroatoms. The summed E-state index contributed by atoms with van der Waals surface area (Å²) in [6.07, 6.45) is 0.441. The van der Waals surface area contributed by atoms with Gasteiger partial charge in [-0.3, -0.25) is 14.5 Å². The van der Waals surface area contributed by atoms with Crippen molar-refractivity contribution in [3.8, 4) is 0 Å². The fourth-order valence-electron chi connectivity index (χ4n) is 1.96. The molecular weight excluding hydrogens is 284 g/mol. The predicted octanol–water partition coefficient (Wildman–Crippen LogP) is -0.573. The zero-order valence-electron chi connectivity index (χ0n) is 12.3. The number of likely N-dealkylation sites (N-methyl/N-ethyl adjacent to an activating group) is 2. The van der Waals surface area contributed by atoms with E-state index < -0.39 is 21.3 Å². The van der Waals surface area contributed by atoms with Crippen LogP contribution >= 0.6 is 0 Å². The molecule has 1 atom stereocenters. The number of aliphatic carboxylic acids is 1. The van der Waals surface area contributed by atoms with Gasteiger partial charge < -0.3 is 10.0 Å². The molecule has 1 heterocycles. The first-order chi connectivity index (χ1) is 8.97. The molecule has 1 aliphatic rings. The third kappa shape index (κ3) is 3.69. The first kappa shape index (κ1) is 16.9. The second-order valence-corrected chi connectivity index (χ2v) is 8.01. The molecule has 0 aromatic heterocycles. The number of amides is 1. The quantitative estimate of drug-likeness (QED) is 0.731. The van der Waals surface area contributed by atoms with Crippen LogP contribution in [0.25, 0.3) is 0 Å². The lowest BCUT2D eigenvalue weighted by atomic mass is 10.0. The summed E-state index contributed by atoms with van der Waals surface area (Å²) in [6.45, 7) is 2.97. The largest absolute Gasteiger partial charge is 0.480 e. The van der Waals surface area contributed by atoms with E-state index in [-0.39, 0.29) is 30.0 Å². The normalized spacial score (nSPS) is 21.9. The fourth-order valence-corrected chi connectivity index (χ4v) is 3.73.